The third-order valence-electron chi connectivity index (χ3n) is 4.59. The molecule has 0 unspecified atom stereocenters. The highest BCUT2D eigenvalue weighted by Crippen LogP contribution is 2.41. The molecule has 164 valence electrons. The Morgan fingerprint density at radius 3 is 2.27 bits per heavy atom. The van der Waals surface area contributed by atoms with Crippen molar-refractivity contribution in [1.82, 2.24) is 5.32 Å². The number of methoxy groups -OCH3 is 2. The number of hydrogen-bond acceptors (Lipinski definition) is 6. The molecular formula is C23H31NO6. The summed E-state index contributed by atoms with van der Waals surface area (Å²) < 4.78 is 21.9. The second-order valence-electron chi connectivity index (χ2n) is 6.60. The molecule has 0 atom stereocenters. The zero-order chi connectivity index (χ0) is 21.8. The molecule has 0 aliphatic carbocycles. The first-order valence-electron chi connectivity index (χ1n) is 10.0. The van der Waals surface area contributed by atoms with Crippen LogP contribution in [0.5, 0.6) is 11.5 Å². The van der Waals surface area contributed by atoms with Gasteiger partial charge in [0.15, 0.2) is 13.6 Å². The van der Waals surface area contributed by atoms with Gasteiger partial charge in [-0.05, 0) is 29.5 Å². The van der Waals surface area contributed by atoms with E-state index in [0.717, 1.165) is 28.7 Å². The molecule has 0 heterocycles. The Morgan fingerprint density at radius 2 is 1.67 bits per heavy atom. The maximum Gasteiger partial charge on any atom is 0.220 e. The van der Waals surface area contributed by atoms with Gasteiger partial charge in [0, 0.05) is 38.8 Å². The number of rotatable bonds is 13. The third-order valence-corrected chi connectivity index (χ3v) is 4.59. The van der Waals surface area contributed by atoms with Gasteiger partial charge in [-0.2, -0.15) is 0 Å². The fraction of sp³-hybridized carbons (Fsp3) is 0.435. The maximum absolute atomic E-state index is 12.2. The van der Waals surface area contributed by atoms with Crippen molar-refractivity contribution < 1.29 is 28.8 Å². The Labute approximate surface area is 177 Å². The van der Waals surface area contributed by atoms with E-state index in [4.69, 9.17) is 24.1 Å². The molecule has 0 bridgehead atoms. The summed E-state index contributed by atoms with van der Waals surface area (Å²) in [5.41, 5.74) is 3.90. The lowest BCUT2D eigenvalue weighted by Crippen LogP contribution is -2.26. The van der Waals surface area contributed by atoms with Crippen LogP contribution in [0.3, 0.4) is 0 Å². The number of carbonyl (C=O) groups excluding carboxylic acids is 1. The van der Waals surface area contributed by atoms with Gasteiger partial charge in [-0.25, -0.2) is 0 Å². The van der Waals surface area contributed by atoms with Crippen molar-refractivity contribution in [2.24, 2.45) is 0 Å². The highest BCUT2D eigenvalue weighted by Gasteiger charge is 2.21. The molecule has 2 aromatic carbocycles. The van der Waals surface area contributed by atoms with E-state index in [0.29, 0.717) is 17.9 Å². The largest absolute Gasteiger partial charge is 0.467 e. The molecule has 7 heteroatoms. The molecule has 0 saturated carbocycles. The zero-order valence-corrected chi connectivity index (χ0v) is 17.9. The van der Waals surface area contributed by atoms with Gasteiger partial charge in [-0.15, -0.1) is 0 Å². The molecule has 0 aliphatic heterocycles. The van der Waals surface area contributed by atoms with E-state index in [-0.39, 0.29) is 39.1 Å². The van der Waals surface area contributed by atoms with Gasteiger partial charge in [0.25, 0.3) is 0 Å². The Morgan fingerprint density at radius 1 is 1.00 bits per heavy atom. The van der Waals surface area contributed by atoms with Crippen molar-refractivity contribution >= 4 is 5.91 Å². The molecule has 0 fully saturated rings. The number of nitrogens with one attached hydrogen (secondary N) is 1. The third kappa shape index (κ3) is 6.45. The van der Waals surface area contributed by atoms with Gasteiger partial charge in [0.2, 0.25) is 5.91 Å². The second kappa shape index (κ2) is 12.8. The predicted octanol–water partition coefficient (Wildman–Crippen LogP) is 2.92. The highest BCUT2D eigenvalue weighted by atomic mass is 16.7. The van der Waals surface area contributed by atoms with E-state index >= 15 is 0 Å². The first-order chi connectivity index (χ1) is 14.7. The minimum absolute atomic E-state index is 0.0867. The highest BCUT2D eigenvalue weighted by molar-refractivity contribution is 5.80. The van der Waals surface area contributed by atoms with E-state index in [1.165, 1.54) is 0 Å². The van der Waals surface area contributed by atoms with E-state index in [1.54, 1.807) is 14.2 Å². The molecule has 0 aliphatic rings. The van der Waals surface area contributed by atoms with Crippen LogP contribution in [0, 0.1) is 0 Å². The van der Waals surface area contributed by atoms with Crippen LogP contribution in [-0.4, -0.2) is 52.0 Å². The minimum Gasteiger partial charge on any atom is -0.467 e. The molecule has 7 nitrogen and oxygen atoms in total. The Bertz CT molecular complexity index is 794. The monoisotopic (exact) mass is 417 g/mol. The number of amides is 1. The first kappa shape index (κ1) is 23.7. The van der Waals surface area contributed by atoms with Crippen LogP contribution < -0.4 is 14.8 Å². The number of benzene rings is 2. The first-order valence-corrected chi connectivity index (χ1v) is 10.0. The van der Waals surface area contributed by atoms with Crippen LogP contribution in [0.25, 0.3) is 11.1 Å². The Kier molecular flexibility index (Phi) is 10.1. The Hall–Kier alpha value is -2.61. The van der Waals surface area contributed by atoms with Crippen LogP contribution in [0.15, 0.2) is 36.4 Å². The van der Waals surface area contributed by atoms with E-state index in [1.807, 2.05) is 36.4 Å². The summed E-state index contributed by atoms with van der Waals surface area (Å²) in [5, 5.41) is 11.6. The standard InChI is InChI=1S/C23H31NO6/c1-4-18-19(10-11-22(26)24-12-13-25)23(17-8-6-5-7-9-17)21(30-16-28-3)14-20(18)29-15-27-2/h5-9,14,25H,4,10-13,15-16H2,1-3H3,(H,24,26). The summed E-state index contributed by atoms with van der Waals surface area (Å²) >= 11 is 0. The van der Waals surface area contributed by atoms with Crippen molar-refractivity contribution in [2.75, 3.05) is 41.0 Å². The van der Waals surface area contributed by atoms with Crippen LogP contribution in [0.2, 0.25) is 0 Å². The van der Waals surface area contributed by atoms with Crippen molar-refractivity contribution in [3.8, 4) is 22.6 Å². The van der Waals surface area contributed by atoms with Gasteiger partial charge in [0.05, 0.1) is 6.61 Å². The molecule has 1 amide bonds. The van der Waals surface area contributed by atoms with E-state index in [2.05, 4.69) is 12.2 Å². The van der Waals surface area contributed by atoms with Crippen LogP contribution in [0.4, 0.5) is 0 Å². The fourth-order valence-corrected chi connectivity index (χ4v) is 3.32. The van der Waals surface area contributed by atoms with Crippen LogP contribution in [-0.2, 0) is 27.1 Å². The smallest absolute Gasteiger partial charge is 0.220 e. The zero-order valence-electron chi connectivity index (χ0n) is 17.9. The number of carbonyl (C=O) groups is 1. The summed E-state index contributed by atoms with van der Waals surface area (Å²) in [4.78, 5) is 12.2. The lowest BCUT2D eigenvalue weighted by Gasteiger charge is -2.22. The molecule has 0 aromatic heterocycles. The lowest BCUT2D eigenvalue weighted by atomic mass is 9.89. The molecule has 0 saturated heterocycles. The number of aliphatic hydroxyl groups excluding tert-OH is 1. The molecule has 2 aromatic rings. The van der Waals surface area contributed by atoms with Crippen molar-refractivity contribution in [2.45, 2.75) is 26.2 Å². The number of ether oxygens (including phenoxy) is 4. The normalized spacial score (nSPS) is 10.7. The Balaban J connectivity index is 2.56. The SMILES string of the molecule is CCc1c(OCOC)cc(OCOC)c(-c2ccccc2)c1CCC(=O)NCCO. The maximum atomic E-state index is 12.2. The van der Waals surface area contributed by atoms with Gasteiger partial charge in [0.1, 0.15) is 11.5 Å². The van der Waals surface area contributed by atoms with Crippen LogP contribution >= 0.6 is 0 Å². The van der Waals surface area contributed by atoms with E-state index in [9.17, 15) is 4.79 Å². The topological polar surface area (TPSA) is 86.2 Å². The van der Waals surface area contributed by atoms with Crippen LogP contribution in [0.1, 0.15) is 24.5 Å². The number of hydrogen-bond donors (Lipinski definition) is 2. The van der Waals surface area contributed by atoms with Crippen molar-refractivity contribution in [1.29, 1.82) is 0 Å². The average Bonchev–Trinajstić information content (AvgIpc) is 2.78. The summed E-state index contributed by atoms with van der Waals surface area (Å²) in [6.07, 6.45) is 1.50. The average molecular weight is 418 g/mol. The molecular weight excluding hydrogens is 386 g/mol. The molecule has 0 spiro atoms. The molecule has 2 N–H and O–H groups in total. The summed E-state index contributed by atoms with van der Waals surface area (Å²) in [6.45, 7) is 2.40. The fourth-order valence-electron chi connectivity index (χ4n) is 3.32. The van der Waals surface area contributed by atoms with Crippen molar-refractivity contribution in [3.63, 3.8) is 0 Å². The molecule has 2 rings (SSSR count). The van der Waals surface area contributed by atoms with Crippen molar-refractivity contribution in [3.05, 3.63) is 47.5 Å². The molecule has 30 heavy (non-hydrogen) atoms. The summed E-state index contributed by atoms with van der Waals surface area (Å²) in [6, 6.07) is 11.8. The van der Waals surface area contributed by atoms with Gasteiger partial charge in [-0.1, -0.05) is 37.3 Å². The summed E-state index contributed by atoms with van der Waals surface area (Å²) in [5.74, 6) is 1.17. The minimum atomic E-state index is -0.118. The molecule has 0 radical (unpaired) electrons. The predicted molar refractivity (Wildman–Crippen MR) is 115 cm³/mol. The van der Waals surface area contributed by atoms with Gasteiger partial charge in [-0.3, -0.25) is 4.79 Å². The van der Waals surface area contributed by atoms with Gasteiger partial charge < -0.3 is 29.4 Å². The second-order valence-corrected chi connectivity index (χ2v) is 6.60. The summed E-state index contributed by atoms with van der Waals surface area (Å²) in [7, 11) is 3.13. The van der Waals surface area contributed by atoms with Gasteiger partial charge >= 0.3 is 0 Å². The lowest BCUT2D eigenvalue weighted by molar-refractivity contribution is -0.121. The van der Waals surface area contributed by atoms with E-state index < -0.39 is 0 Å². The number of aliphatic hydroxyl groups is 1. The quantitative estimate of drug-likeness (QED) is 0.488.